The van der Waals surface area contributed by atoms with Crippen LogP contribution in [0, 0.1) is 6.92 Å². The molecule has 0 aliphatic rings. The van der Waals surface area contributed by atoms with Crippen molar-refractivity contribution in [2.45, 2.75) is 33.2 Å². The summed E-state index contributed by atoms with van der Waals surface area (Å²) in [5.74, 6) is 2.23. The number of thioether (sulfide) groups is 1. The third-order valence-electron chi connectivity index (χ3n) is 3.25. The molecule has 0 saturated heterocycles. The number of nitrogens with one attached hydrogen (secondary N) is 1. The monoisotopic (exact) mass is 307 g/mol. The summed E-state index contributed by atoms with van der Waals surface area (Å²) in [5, 5.41) is 3.38. The number of hydrogen-bond acceptors (Lipinski definition) is 2. The topological polar surface area (TPSA) is 27.6 Å². The van der Waals surface area contributed by atoms with Gasteiger partial charge in [0.1, 0.15) is 0 Å². The first-order valence-electron chi connectivity index (χ1n) is 7.71. The second-order valence-electron chi connectivity index (χ2n) is 5.28. The van der Waals surface area contributed by atoms with Crippen molar-refractivity contribution in [3.05, 3.63) is 35.4 Å². The maximum atomic E-state index is 4.72. The van der Waals surface area contributed by atoms with Crippen LogP contribution < -0.4 is 5.32 Å². The molecule has 0 aliphatic heterocycles. The molecule has 3 nitrogen and oxygen atoms in total. The standard InChI is InChI=1S/C17H29N3S/c1-5-18-17(19-12-6-7-13-21-4)20(3)14-16-10-8-15(2)9-11-16/h8-11H,5-7,12-14H2,1-4H3,(H,18,19). The number of aliphatic imine (C=N–C) groups is 1. The summed E-state index contributed by atoms with van der Waals surface area (Å²) in [6.45, 7) is 6.93. The summed E-state index contributed by atoms with van der Waals surface area (Å²) in [5.41, 5.74) is 2.62. The third kappa shape index (κ3) is 7.42. The quantitative estimate of drug-likeness (QED) is 0.452. The highest BCUT2D eigenvalue weighted by Crippen LogP contribution is 2.06. The largest absolute Gasteiger partial charge is 0.357 e. The van der Waals surface area contributed by atoms with Crippen molar-refractivity contribution < 1.29 is 0 Å². The molecule has 1 aromatic carbocycles. The first-order chi connectivity index (χ1) is 10.2. The van der Waals surface area contributed by atoms with E-state index in [4.69, 9.17) is 4.99 Å². The molecular weight excluding hydrogens is 278 g/mol. The Kier molecular flexibility index (Phi) is 8.99. The fraction of sp³-hybridized carbons (Fsp3) is 0.588. The molecule has 21 heavy (non-hydrogen) atoms. The van der Waals surface area contributed by atoms with Gasteiger partial charge in [0, 0.05) is 26.7 Å². The molecule has 1 aromatic rings. The van der Waals surface area contributed by atoms with Crippen molar-refractivity contribution in [2.24, 2.45) is 4.99 Å². The van der Waals surface area contributed by atoms with E-state index >= 15 is 0 Å². The normalized spacial score (nSPS) is 11.5. The number of hydrogen-bond donors (Lipinski definition) is 1. The van der Waals surface area contributed by atoms with Gasteiger partial charge in [-0.25, -0.2) is 0 Å². The Labute approximate surface area is 134 Å². The van der Waals surface area contributed by atoms with Gasteiger partial charge in [-0.15, -0.1) is 0 Å². The van der Waals surface area contributed by atoms with Gasteiger partial charge >= 0.3 is 0 Å². The molecule has 0 spiro atoms. The fourth-order valence-corrected chi connectivity index (χ4v) is 2.55. The van der Waals surface area contributed by atoms with Crippen molar-refractivity contribution in [1.29, 1.82) is 0 Å². The molecule has 4 heteroatoms. The van der Waals surface area contributed by atoms with Crippen LogP contribution in [0.5, 0.6) is 0 Å². The third-order valence-corrected chi connectivity index (χ3v) is 3.95. The van der Waals surface area contributed by atoms with Gasteiger partial charge in [0.25, 0.3) is 0 Å². The van der Waals surface area contributed by atoms with Crippen LogP contribution in [0.15, 0.2) is 29.3 Å². The van der Waals surface area contributed by atoms with Gasteiger partial charge in [-0.05, 0) is 44.3 Å². The minimum atomic E-state index is 0.886. The van der Waals surface area contributed by atoms with Crippen LogP contribution >= 0.6 is 11.8 Å². The molecule has 0 fully saturated rings. The van der Waals surface area contributed by atoms with Crippen molar-refractivity contribution in [2.75, 3.05) is 32.1 Å². The SMILES string of the molecule is CCNC(=NCCCCSC)N(C)Cc1ccc(C)cc1. The minimum Gasteiger partial charge on any atom is -0.357 e. The van der Waals surface area contributed by atoms with E-state index in [0.29, 0.717) is 0 Å². The van der Waals surface area contributed by atoms with Crippen molar-refractivity contribution in [3.63, 3.8) is 0 Å². The van der Waals surface area contributed by atoms with E-state index < -0.39 is 0 Å². The van der Waals surface area contributed by atoms with E-state index in [1.807, 2.05) is 11.8 Å². The molecule has 0 atom stereocenters. The van der Waals surface area contributed by atoms with E-state index in [9.17, 15) is 0 Å². The molecule has 0 bridgehead atoms. The van der Waals surface area contributed by atoms with Crippen LogP contribution in [0.2, 0.25) is 0 Å². The van der Waals surface area contributed by atoms with E-state index in [2.05, 4.69) is 61.6 Å². The van der Waals surface area contributed by atoms with Gasteiger partial charge < -0.3 is 10.2 Å². The summed E-state index contributed by atoms with van der Waals surface area (Å²) in [4.78, 5) is 6.92. The second kappa shape index (κ2) is 10.6. The Hall–Kier alpha value is -1.16. The maximum absolute atomic E-state index is 4.72. The first kappa shape index (κ1) is 17.9. The van der Waals surface area contributed by atoms with Gasteiger partial charge in [-0.2, -0.15) is 11.8 Å². The average molecular weight is 308 g/mol. The van der Waals surface area contributed by atoms with Gasteiger partial charge in [0.15, 0.2) is 5.96 Å². The van der Waals surface area contributed by atoms with Gasteiger partial charge in [-0.3, -0.25) is 4.99 Å². The lowest BCUT2D eigenvalue weighted by molar-refractivity contribution is 0.476. The number of rotatable bonds is 8. The minimum absolute atomic E-state index is 0.886. The highest BCUT2D eigenvalue weighted by Gasteiger charge is 2.06. The van der Waals surface area contributed by atoms with E-state index in [1.54, 1.807) is 0 Å². The van der Waals surface area contributed by atoms with E-state index in [-0.39, 0.29) is 0 Å². The van der Waals surface area contributed by atoms with Crippen LogP contribution in [-0.2, 0) is 6.54 Å². The highest BCUT2D eigenvalue weighted by atomic mass is 32.2. The Bertz CT molecular complexity index is 415. The van der Waals surface area contributed by atoms with Crippen LogP contribution in [0.1, 0.15) is 30.9 Å². The van der Waals surface area contributed by atoms with Crippen LogP contribution in [-0.4, -0.2) is 43.0 Å². The molecule has 118 valence electrons. The molecule has 0 radical (unpaired) electrons. The summed E-state index contributed by atoms with van der Waals surface area (Å²) < 4.78 is 0. The summed E-state index contributed by atoms with van der Waals surface area (Å²) in [6.07, 6.45) is 4.56. The molecule has 0 amide bonds. The van der Waals surface area contributed by atoms with E-state index in [0.717, 1.165) is 32.0 Å². The summed E-state index contributed by atoms with van der Waals surface area (Å²) >= 11 is 1.91. The summed E-state index contributed by atoms with van der Waals surface area (Å²) in [6, 6.07) is 8.70. The zero-order chi connectivity index (χ0) is 15.5. The van der Waals surface area contributed by atoms with Crippen molar-refractivity contribution >= 4 is 17.7 Å². The molecule has 1 N–H and O–H groups in total. The number of guanidine groups is 1. The Balaban J connectivity index is 2.53. The Morgan fingerprint density at radius 2 is 1.95 bits per heavy atom. The van der Waals surface area contributed by atoms with Crippen molar-refractivity contribution in [1.82, 2.24) is 10.2 Å². The fourth-order valence-electron chi connectivity index (χ4n) is 2.06. The van der Waals surface area contributed by atoms with Gasteiger partial charge in [0.2, 0.25) is 0 Å². The summed E-state index contributed by atoms with van der Waals surface area (Å²) in [7, 11) is 2.10. The van der Waals surface area contributed by atoms with Crippen LogP contribution in [0.3, 0.4) is 0 Å². The predicted molar refractivity (Wildman–Crippen MR) is 96.2 cm³/mol. The van der Waals surface area contributed by atoms with Gasteiger partial charge in [-0.1, -0.05) is 29.8 Å². The predicted octanol–water partition coefficient (Wildman–Crippen LogP) is 3.54. The molecule has 1 rings (SSSR count). The smallest absolute Gasteiger partial charge is 0.193 e. The lowest BCUT2D eigenvalue weighted by Gasteiger charge is -2.22. The lowest BCUT2D eigenvalue weighted by atomic mass is 10.1. The number of benzene rings is 1. The zero-order valence-corrected chi connectivity index (χ0v) is 14.7. The number of nitrogens with zero attached hydrogens (tertiary/aromatic N) is 2. The van der Waals surface area contributed by atoms with Crippen LogP contribution in [0.4, 0.5) is 0 Å². The Morgan fingerprint density at radius 3 is 2.57 bits per heavy atom. The molecule has 0 heterocycles. The number of aryl methyl sites for hydroxylation is 1. The first-order valence-corrected chi connectivity index (χ1v) is 9.10. The van der Waals surface area contributed by atoms with Crippen LogP contribution in [0.25, 0.3) is 0 Å². The molecule has 0 saturated carbocycles. The molecule has 0 aliphatic carbocycles. The average Bonchev–Trinajstić information content (AvgIpc) is 2.48. The molecular formula is C17H29N3S. The second-order valence-corrected chi connectivity index (χ2v) is 6.26. The zero-order valence-electron chi connectivity index (χ0n) is 13.9. The number of unbranched alkanes of at least 4 members (excludes halogenated alkanes) is 1. The molecule has 0 aromatic heterocycles. The van der Waals surface area contributed by atoms with Gasteiger partial charge in [0.05, 0.1) is 0 Å². The molecule has 0 unspecified atom stereocenters. The highest BCUT2D eigenvalue weighted by molar-refractivity contribution is 7.98. The lowest BCUT2D eigenvalue weighted by Crippen LogP contribution is -2.38. The maximum Gasteiger partial charge on any atom is 0.193 e. The van der Waals surface area contributed by atoms with Crippen molar-refractivity contribution in [3.8, 4) is 0 Å². The van der Waals surface area contributed by atoms with E-state index in [1.165, 1.54) is 23.3 Å². The Morgan fingerprint density at radius 1 is 1.24 bits per heavy atom.